The molecule has 7 nitrogen and oxygen atoms in total. The first-order valence-electron chi connectivity index (χ1n) is 5.62. The third-order valence-electron chi connectivity index (χ3n) is 2.08. The molecule has 0 spiro atoms. The number of hydrogen-bond acceptors (Lipinski definition) is 6. The van der Waals surface area contributed by atoms with E-state index in [1.54, 1.807) is 17.9 Å². The highest BCUT2D eigenvalue weighted by Gasteiger charge is 2.06. The molecule has 1 rings (SSSR count). The summed E-state index contributed by atoms with van der Waals surface area (Å²) in [4.78, 5) is 25.5. The Labute approximate surface area is 114 Å². The molecule has 0 radical (unpaired) electrons. The lowest BCUT2D eigenvalue weighted by atomic mass is 10.6. The summed E-state index contributed by atoms with van der Waals surface area (Å²) in [6, 6.07) is 1.33. The van der Waals surface area contributed by atoms with E-state index < -0.39 is 5.97 Å². The monoisotopic (exact) mass is 288 g/mol. The van der Waals surface area contributed by atoms with Crippen molar-refractivity contribution in [1.82, 2.24) is 9.55 Å². The molecule has 0 amide bonds. The number of aliphatic carboxylic acids is 1. The van der Waals surface area contributed by atoms with Crippen molar-refractivity contribution in [3.8, 4) is 0 Å². The average Bonchev–Trinajstić information content (AvgIpc) is 2.38. The maximum atomic E-state index is 11.2. The van der Waals surface area contributed by atoms with Crippen molar-refractivity contribution in [3.05, 3.63) is 22.6 Å². The van der Waals surface area contributed by atoms with Crippen molar-refractivity contribution in [2.75, 3.05) is 32.7 Å². The summed E-state index contributed by atoms with van der Waals surface area (Å²) in [5.74, 6) is -1.09. The van der Waals surface area contributed by atoms with Gasteiger partial charge in [0.25, 0.3) is 5.56 Å². The summed E-state index contributed by atoms with van der Waals surface area (Å²) in [5, 5.41) is 9.01. The molecule has 0 atom stereocenters. The van der Waals surface area contributed by atoms with Gasteiger partial charge in [-0.3, -0.25) is 9.59 Å². The van der Waals surface area contributed by atoms with E-state index in [0.717, 1.165) is 11.8 Å². The van der Waals surface area contributed by atoms with Crippen LogP contribution in [-0.4, -0.2) is 53.3 Å². The molecule has 106 valence electrons. The topological polar surface area (TPSA) is 90.7 Å². The maximum Gasteiger partial charge on any atom is 0.313 e. The lowest BCUT2D eigenvalue weighted by molar-refractivity contribution is -0.133. The van der Waals surface area contributed by atoms with Crippen LogP contribution in [0.5, 0.6) is 0 Å². The summed E-state index contributed by atoms with van der Waals surface area (Å²) in [6.45, 7) is 1.94. The van der Waals surface area contributed by atoms with Crippen LogP contribution in [0.25, 0.3) is 0 Å². The molecule has 1 N–H and O–H groups in total. The summed E-state index contributed by atoms with van der Waals surface area (Å²) in [6.07, 6.45) is 1.58. The highest BCUT2D eigenvalue weighted by Crippen LogP contribution is 2.13. The van der Waals surface area contributed by atoms with Crippen LogP contribution in [0, 0.1) is 0 Å². The Balaban J connectivity index is 2.55. The smallest absolute Gasteiger partial charge is 0.313 e. The van der Waals surface area contributed by atoms with Gasteiger partial charge in [-0.2, -0.15) is 4.98 Å². The first-order valence-corrected chi connectivity index (χ1v) is 6.61. The van der Waals surface area contributed by atoms with Crippen LogP contribution in [0.15, 0.2) is 22.2 Å². The maximum absolute atomic E-state index is 11.2. The molecule has 0 aliphatic heterocycles. The van der Waals surface area contributed by atoms with Crippen LogP contribution >= 0.6 is 11.8 Å². The Morgan fingerprint density at radius 2 is 2.26 bits per heavy atom. The summed E-state index contributed by atoms with van der Waals surface area (Å²) < 4.78 is 11.9. The average molecular weight is 288 g/mol. The zero-order valence-corrected chi connectivity index (χ0v) is 11.4. The fourth-order valence-corrected chi connectivity index (χ4v) is 1.96. The van der Waals surface area contributed by atoms with E-state index in [-0.39, 0.29) is 11.3 Å². The van der Waals surface area contributed by atoms with E-state index in [1.165, 1.54) is 6.07 Å². The third-order valence-corrected chi connectivity index (χ3v) is 3.06. The van der Waals surface area contributed by atoms with Crippen molar-refractivity contribution in [2.45, 2.75) is 11.7 Å². The van der Waals surface area contributed by atoms with Gasteiger partial charge in [-0.05, 0) is 0 Å². The Morgan fingerprint density at radius 3 is 2.95 bits per heavy atom. The number of rotatable bonds is 9. The molecule has 8 heteroatoms. The molecule has 0 aliphatic carbocycles. The van der Waals surface area contributed by atoms with E-state index in [9.17, 15) is 9.59 Å². The van der Waals surface area contributed by atoms with Crippen molar-refractivity contribution in [1.29, 1.82) is 0 Å². The first kappa shape index (κ1) is 15.7. The molecule has 0 aromatic carbocycles. The second-order valence-electron chi connectivity index (χ2n) is 3.53. The number of nitrogens with zero attached hydrogens (tertiary/aromatic N) is 2. The number of carboxylic acids is 1. The fourth-order valence-electron chi connectivity index (χ4n) is 1.23. The molecular weight excluding hydrogens is 272 g/mol. The van der Waals surface area contributed by atoms with E-state index in [4.69, 9.17) is 14.6 Å². The molecular formula is C11H16N2O5S. The van der Waals surface area contributed by atoms with Crippen molar-refractivity contribution < 1.29 is 19.4 Å². The summed E-state index contributed by atoms with van der Waals surface area (Å²) in [5.41, 5.74) is -0.385. The minimum Gasteiger partial charge on any atom is -0.481 e. The van der Waals surface area contributed by atoms with Crippen LogP contribution in [0.3, 0.4) is 0 Å². The number of hydrogen-bond donors (Lipinski definition) is 1. The fraction of sp³-hybridized carbons (Fsp3) is 0.545. The van der Waals surface area contributed by atoms with Gasteiger partial charge in [0.1, 0.15) is 0 Å². The van der Waals surface area contributed by atoms with Crippen LogP contribution in [-0.2, 0) is 20.8 Å². The van der Waals surface area contributed by atoms with Gasteiger partial charge >= 0.3 is 5.97 Å². The molecule has 1 aromatic rings. The molecule has 19 heavy (non-hydrogen) atoms. The van der Waals surface area contributed by atoms with Crippen LogP contribution < -0.4 is 5.56 Å². The number of carboxylic acid groups (broad SMARTS) is 1. The Hall–Kier alpha value is -1.38. The molecule has 0 saturated carbocycles. The number of aromatic nitrogens is 2. The number of thioether (sulfide) groups is 1. The number of ether oxygens (including phenoxy) is 2. The van der Waals surface area contributed by atoms with E-state index in [2.05, 4.69) is 4.98 Å². The molecule has 0 fully saturated rings. The van der Waals surface area contributed by atoms with Gasteiger partial charge in [-0.25, -0.2) is 0 Å². The molecule has 0 aliphatic rings. The summed E-state index contributed by atoms with van der Waals surface area (Å²) in [7, 11) is 1.59. The highest BCUT2D eigenvalue weighted by molar-refractivity contribution is 7.99. The van der Waals surface area contributed by atoms with Gasteiger partial charge in [0.05, 0.1) is 25.6 Å². The Morgan fingerprint density at radius 1 is 1.47 bits per heavy atom. The second-order valence-corrected chi connectivity index (χ2v) is 4.47. The molecule has 0 bridgehead atoms. The van der Waals surface area contributed by atoms with Crippen molar-refractivity contribution in [2.24, 2.45) is 0 Å². The lowest BCUT2D eigenvalue weighted by Crippen LogP contribution is -2.17. The van der Waals surface area contributed by atoms with Gasteiger partial charge in [-0.1, -0.05) is 11.8 Å². The largest absolute Gasteiger partial charge is 0.481 e. The normalized spacial score (nSPS) is 10.6. The molecule has 1 heterocycles. The summed E-state index contributed by atoms with van der Waals surface area (Å²) >= 11 is 1.01. The van der Waals surface area contributed by atoms with Gasteiger partial charge in [0, 0.05) is 25.9 Å². The highest BCUT2D eigenvalue weighted by atomic mass is 32.2. The zero-order chi connectivity index (χ0) is 14.1. The minimum absolute atomic E-state index is 0.138. The zero-order valence-electron chi connectivity index (χ0n) is 10.6. The van der Waals surface area contributed by atoms with E-state index >= 15 is 0 Å². The lowest BCUT2D eigenvalue weighted by Gasteiger charge is -2.11. The van der Waals surface area contributed by atoms with Gasteiger partial charge in [0.15, 0.2) is 5.16 Å². The molecule has 1 aromatic heterocycles. The van der Waals surface area contributed by atoms with Crippen LogP contribution in [0.2, 0.25) is 0 Å². The second kappa shape index (κ2) is 8.68. The minimum atomic E-state index is -0.953. The van der Waals surface area contributed by atoms with E-state index in [0.29, 0.717) is 31.5 Å². The van der Waals surface area contributed by atoms with Gasteiger partial charge in [0.2, 0.25) is 0 Å². The van der Waals surface area contributed by atoms with E-state index in [1.807, 2.05) is 0 Å². The Bertz CT molecular complexity index is 463. The third kappa shape index (κ3) is 6.37. The van der Waals surface area contributed by atoms with Crippen LogP contribution in [0.1, 0.15) is 0 Å². The quantitative estimate of drug-likeness (QED) is 0.391. The predicted octanol–water partition coefficient (Wildman–Crippen LogP) is 0.0830. The molecule has 0 unspecified atom stereocenters. The van der Waals surface area contributed by atoms with Crippen LogP contribution in [0.4, 0.5) is 0 Å². The van der Waals surface area contributed by atoms with Crippen molar-refractivity contribution in [3.63, 3.8) is 0 Å². The predicted molar refractivity (Wildman–Crippen MR) is 69.6 cm³/mol. The first-order chi connectivity index (χ1) is 9.13. The Kier molecular flexibility index (Phi) is 7.16. The van der Waals surface area contributed by atoms with Crippen molar-refractivity contribution >= 4 is 17.7 Å². The van der Waals surface area contributed by atoms with Gasteiger partial charge in [-0.15, -0.1) is 0 Å². The standard InChI is InChI=1S/C11H16N2O5S/c1-17-6-7-18-5-4-13-3-2-9(14)12-11(13)19-8-10(15)16/h2-3H,4-8H2,1H3,(H,15,16). The van der Waals surface area contributed by atoms with Gasteiger partial charge < -0.3 is 19.1 Å². The number of methoxy groups -OCH3 is 1. The SMILES string of the molecule is COCCOCCn1ccc(=O)nc1SCC(=O)O. The molecule has 0 saturated heterocycles. The number of carbonyl (C=O) groups is 1.